The van der Waals surface area contributed by atoms with Gasteiger partial charge in [-0.25, -0.2) is 0 Å². The van der Waals surface area contributed by atoms with E-state index in [1.165, 1.54) is 51.4 Å². The van der Waals surface area contributed by atoms with Gasteiger partial charge in [0, 0.05) is 25.8 Å². The van der Waals surface area contributed by atoms with Crippen LogP contribution in [0.1, 0.15) is 104 Å². The molecule has 0 aromatic carbocycles. The van der Waals surface area contributed by atoms with Gasteiger partial charge in [-0.05, 0) is 39.5 Å². The molecule has 0 aliphatic heterocycles. The summed E-state index contributed by atoms with van der Waals surface area (Å²) in [4.78, 5) is 11.7. The van der Waals surface area contributed by atoms with Crippen LogP contribution in [0, 0.1) is 23.7 Å². The first kappa shape index (κ1) is 22.6. The molecule has 0 saturated carbocycles. The molecule has 0 aliphatic rings. The average Bonchev–Trinajstić information content (AvgIpc) is 2.59. The average molecular weight is 332 g/mol. The van der Waals surface area contributed by atoms with Crippen molar-refractivity contribution >= 4 is 5.91 Å². The Morgan fingerprint density at radius 1 is 0.667 bits per heavy atom. The molecular weight excluding hydrogens is 294 g/mol. The van der Waals surface area contributed by atoms with Crippen LogP contribution in [0.25, 0.3) is 0 Å². The van der Waals surface area contributed by atoms with Gasteiger partial charge in [0.05, 0.1) is 0 Å². The van der Waals surface area contributed by atoms with Gasteiger partial charge in [0.25, 0.3) is 0 Å². The molecule has 0 aromatic heterocycles. The molecule has 1 amide bonds. The summed E-state index contributed by atoms with van der Waals surface area (Å²) < 4.78 is 0. The lowest BCUT2D eigenvalue weighted by Crippen LogP contribution is -2.23. The van der Waals surface area contributed by atoms with Crippen LogP contribution in [0.15, 0.2) is 0 Å². The van der Waals surface area contributed by atoms with Crippen molar-refractivity contribution in [2.45, 2.75) is 104 Å². The first-order valence-electron chi connectivity index (χ1n) is 9.87. The molecule has 0 atom stereocenters. The van der Waals surface area contributed by atoms with E-state index in [1.54, 1.807) is 0 Å². The first-order chi connectivity index (χ1) is 11.8. The predicted molar refractivity (Wildman–Crippen MR) is 105 cm³/mol. The Morgan fingerprint density at radius 2 is 1.12 bits per heavy atom. The summed E-state index contributed by atoms with van der Waals surface area (Å²) in [6.07, 6.45) is 16.0. The summed E-state index contributed by atoms with van der Waals surface area (Å²) in [6, 6.07) is 0. The second-order valence-electron chi connectivity index (χ2n) is 6.34. The van der Waals surface area contributed by atoms with E-state index in [-0.39, 0.29) is 5.91 Å². The fourth-order valence-electron chi connectivity index (χ4n) is 2.64. The van der Waals surface area contributed by atoms with E-state index in [0.717, 1.165) is 38.6 Å². The van der Waals surface area contributed by atoms with E-state index in [1.807, 2.05) is 13.8 Å². The first-order valence-corrected chi connectivity index (χ1v) is 9.87. The Bertz CT molecular complexity index is 405. The van der Waals surface area contributed by atoms with Crippen LogP contribution in [0.3, 0.4) is 0 Å². The zero-order valence-electron chi connectivity index (χ0n) is 16.0. The van der Waals surface area contributed by atoms with Crippen LogP contribution in [-0.4, -0.2) is 12.5 Å². The molecule has 136 valence electrons. The quantitative estimate of drug-likeness (QED) is 0.307. The monoisotopic (exact) mass is 331 g/mol. The third-order valence-electron chi connectivity index (χ3n) is 4.11. The lowest BCUT2D eigenvalue weighted by atomic mass is 10.1. The number of nitrogens with one attached hydrogen (secondary N) is 1. The van der Waals surface area contributed by atoms with Crippen molar-refractivity contribution in [3.63, 3.8) is 0 Å². The highest BCUT2D eigenvalue weighted by Crippen LogP contribution is 2.08. The topological polar surface area (TPSA) is 29.1 Å². The Balaban J connectivity index is 3.20. The highest BCUT2D eigenvalue weighted by Gasteiger charge is 2.00. The third kappa shape index (κ3) is 18.6. The minimum atomic E-state index is 0.227. The number of carbonyl (C=O) groups excluding carboxylic acids is 1. The summed E-state index contributed by atoms with van der Waals surface area (Å²) in [5.41, 5.74) is 0. The maximum Gasteiger partial charge on any atom is 0.219 e. The normalized spacial score (nSPS) is 9.58. The van der Waals surface area contributed by atoms with Crippen molar-refractivity contribution in [1.29, 1.82) is 0 Å². The Labute approximate surface area is 150 Å². The Morgan fingerprint density at radius 3 is 1.67 bits per heavy atom. The fraction of sp³-hybridized carbons (Fsp3) is 0.773. The summed E-state index contributed by atoms with van der Waals surface area (Å²) in [7, 11) is 0. The zero-order chi connectivity index (χ0) is 17.7. The molecule has 0 fully saturated rings. The lowest BCUT2D eigenvalue weighted by Gasteiger charge is -2.05. The van der Waals surface area contributed by atoms with Crippen molar-refractivity contribution in [3.05, 3.63) is 0 Å². The SMILES string of the molecule is CC#CCCCCCCCCNC(=O)CCCCCCCC#CC. The largest absolute Gasteiger partial charge is 0.356 e. The number of rotatable bonds is 15. The van der Waals surface area contributed by atoms with Gasteiger partial charge in [-0.2, -0.15) is 0 Å². The van der Waals surface area contributed by atoms with Crippen LogP contribution in [-0.2, 0) is 4.79 Å². The standard InChI is InChI=1S/C22H37NO/c1-3-5-7-9-11-13-15-17-19-21-23-22(24)20-18-16-14-12-10-8-6-4-2/h7-21H2,1-2H3,(H,23,24). The third-order valence-corrected chi connectivity index (χ3v) is 4.11. The maximum atomic E-state index is 11.7. The molecule has 24 heavy (non-hydrogen) atoms. The van der Waals surface area contributed by atoms with Crippen molar-refractivity contribution in [1.82, 2.24) is 5.32 Å². The van der Waals surface area contributed by atoms with E-state index in [9.17, 15) is 4.79 Å². The van der Waals surface area contributed by atoms with Gasteiger partial charge in [0.2, 0.25) is 5.91 Å². The van der Waals surface area contributed by atoms with E-state index in [4.69, 9.17) is 0 Å². The van der Waals surface area contributed by atoms with Gasteiger partial charge < -0.3 is 5.32 Å². The summed E-state index contributed by atoms with van der Waals surface area (Å²) in [6.45, 7) is 4.64. The Hall–Kier alpha value is -1.41. The molecule has 0 unspecified atom stereocenters. The molecule has 2 nitrogen and oxygen atoms in total. The van der Waals surface area contributed by atoms with E-state index in [2.05, 4.69) is 29.0 Å². The van der Waals surface area contributed by atoms with Gasteiger partial charge >= 0.3 is 0 Å². The smallest absolute Gasteiger partial charge is 0.219 e. The van der Waals surface area contributed by atoms with Gasteiger partial charge in [-0.1, -0.05) is 44.9 Å². The van der Waals surface area contributed by atoms with Gasteiger partial charge in [0.1, 0.15) is 0 Å². The van der Waals surface area contributed by atoms with Crippen LogP contribution in [0.4, 0.5) is 0 Å². The fourth-order valence-corrected chi connectivity index (χ4v) is 2.64. The molecule has 0 radical (unpaired) electrons. The molecule has 2 heteroatoms. The van der Waals surface area contributed by atoms with Crippen molar-refractivity contribution < 1.29 is 4.79 Å². The summed E-state index contributed by atoms with van der Waals surface area (Å²) >= 11 is 0. The van der Waals surface area contributed by atoms with Gasteiger partial charge in [-0.3, -0.25) is 4.79 Å². The van der Waals surface area contributed by atoms with Crippen molar-refractivity contribution in [2.75, 3.05) is 6.54 Å². The van der Waals surface area contributed by atoms with E-state index < -0.39 is 0 Å². The van der Waals surface area contributed by atoms with E-state index in [0.29, 0.717) is 6.42 Å². The molecule has 0 rings (SSSR count). The molecule has 0 aliphatic carbocycles. The minimum absolute atomic E-state index is 0.227. The number of carbonyl (C=O) groups is 1. The Kier molecular flexibility index (Phi) is 18.5. The highest BCUT2D eigenvalue weighted by atomic mass is 16.1. The number of amides is 1. The molecule has 0 heterocycles. The minimum Gasteiger partial charge on any atom is -0.356 e. The molecule has 0 saturated heterocycles. The molecular formula is C22H37NO. The molecule has 0 aromatic rings. The van der Waals surface area contributed by atoms with Crippen LogP contribution < -0.4 is 5.32 Å². The number of unbranched alkanes of at least 4 members (excludes halogenated alkanes) is 11. The second kappa shape index (κ2) is 19.6. The highest BCUT2D eigenvalue weighted by molar-refractivity contribution is 5.75. The second-order valence-corrected chi connectivity index (χ2v) is 6.34. The lowest BCUT2D eigenvalue weighted by molar-refractivity contribution is -0.121. The predicted octanol–water partition coefficient (Wildman–Crippen LogP) is 5.61. The van der Waals surface area contributed by atoms with Crippen LogP contribution in [0.2, 0.25) is 0 Å². The van der Waals surface area contributed by atoms with Gasteiger partial charge in [0.15, 0.2) is 0 Å². The molecule has 0 spiro atoms. The number of hydrogen-bond donors (Lipinski definition) is 1. The van der Waals surface area contributed by atoms with Crippen LogP contribution >= 0.6 is 0 Å². The van der Waals surface area contributed by atoms with Crippen molar-refractivity contribution in [2.24, 2.45) is 0 Å². The molecule has 0 bridgehead atoms. The van der Waals surface area contributed by atoms with Gasteiger partial charge in [-0.15, -0.1) is 23.7 Å². The zero-order valence-corrected chi connectivity index (χ0v) is 16.0. The van der Waals surface area contributed by atoms with Crippen molar-refractivity contribution in [3.8, 4) is 23.7 Å². The number of hydrogen-bond acceptors (Lipinski definition) is 1. The molecule has 1 N–H and O–H groups in total. The maximum absolute atomic E-state index is 11.7. The van der Waals surface area contributed by atoms with E-state index >= 15 is 0 Å². The summed E-state index contributed by atoms with van der Waals surface area (Å²) in [5.74, 6) is 12.3. The summed E-state index contributed by atoms with van der Waals surface area (Å²) in [5, 5.41) is 3.04. The van der Waals surface area contributed by atoms with Crippen LogP contribution in [0.5, 0.6) is 0 Å².